The van der Waals surface area contributed by atoms with Gasteiger partial charge in [0.2, 0.25) is 0 Å². The van der Waals surface area contributed by atoms with Crippen molar-refractivity contribution in [1.82, 2.24) is 4.90 Å². The van der Waals surface area contributed by atoms with Crippen molar-refractivity contribution in [3.8, 4) is 0 Å². The van der Waals surface area contributed by atoms with Crippen LogP contribution in [-0.2, 0) is 4.74 Å². The number of hydrogen-bond acceptors (Lipinski definition) is 3. The van der Waals surface area contributed by atoms with Gasteiger partial charge in [0, 0.05) is 25.7 Å². The minimum atomic E-state index is 0.460. The molecule has 0 unspecified atom stereocenters. The average molecular weight is 218 g/mol. The molecule has 84 valence electrons. The standard InChI is InChI=1S/C10H22N2OS/c1-4-6-13-7-5-12(9(2)3)8-10(11)14/h9H,4-8H2,1-3H3,(H2,11,14). The zero-order valence-corrected chi connectivity index (χ0v) is 10.3. The SMILES string of the molecule is CCCOCCN(CC(N)=S)C(C)C. The fraction of sp³-hybridized carbons (Fsp3) is 0.900. The van der Waals surface area contributed by atoms with Crippen molar-refractivity contribution in [2.45, 2.75) is 33.2 Å². The maximum absolute atomic E-state index is 5.51. The third-order valence-corrected chi connectivity index (χ3v) is 2.09. The largest absolute Gasteiger partial charge is 0.392 e. The van der Waals surface area contributed by atoms with E-state index in [2.05, 4.69) is 25.7 Å². The third-order valence-electron chi connectivity index (χ3n) is 1.96. The highest BCUT2D eigenvalue weighted by atomic mass is 32.1. The van der Waals surface area contributed by atoms with Crippen LogP contribution in [0.4, 0.5) is 0 Å². The second-order valence-electron chi connectivity index (χ2n) is 3.64. The van der Waals surface area contributed by atoms with E-state index in [0.717, 1.165) is 26.2 Å². The van der Waals surface area contributed by atoms with E-state index < -0.39 is 0 Å². The molecule has 0 aromatic rings. The van der Waals surface area contributed by atoms with Crippen molar-refractivity contribution in [2.75, 3.05) is 26.3 Å². The zero-order chi connectivity index (χ0) is 11.0. The van der Waals surface area contributed by atoms with Gasteiger partial charge in [-0.3, -0.25) is 4.90 Å². The van der Waals surface area contributed by atoms with E-state index in [0.29, 0.717) is 17.6 Å². The lowest BCUT2D eigenvalue weighted by atomic mass is 10.3. The highest BCUT2D eigenvalue weighted by Crippen LogP contribution is 1.97. The molecule has 0 rings (SSSR count). The molecule has 2 N–H and O–H groups in total. The molecular weight excluding hydrogens is 196 g/mol. The van der Waals surface area contributed by atoms with Crippen LogP contribution in [0.2, 0.25) is 0 Å². The van der Waals surface area contributed by atoms with Gasteiger partial charge in [0.1, 0.15) is 0 Å². The van der Waals surface area contributed by atoms with Crippen LogP contribution >= 0.6 is 12.2 Å². The first-order chi connectivity index (χ1) is 6.57. The van der Waals surface area contributed by atoms with E-state index in [4.69, 9.17) is 22.7 Å². The summed E-state index contributed by atoms with van der Waals surface area (Å²) in [6, 6.07) is 0.460. The Morgan fingerprint density at radius 1 is 1.43 bits per heavy atom. The lowest BCUT2D eigenvalue weighted by molar-refractivity contribution is 0.0997. The molecular formula is C10H22N2OS. The molecule has 0 radical (unpaired) electrons. The molecule has 0 atom stereocenters. The minimum Gasteiger partial charge on any atom is -0.392 e. The summed E-state index contributed by atoms with van der Waals surface area (Å²) in [5.74, 6) is 0. The number of rotatable bonds is 8. The highest BCUT2D eigenvalue weighted by molar-refractivity contribution is 7.80. The van der Waals surface area contributed by atoms with Crippen molar-refractivity contribution in [3.05, 3.63) is 0 Å². The number of hydrogen-bond donors (Lipinski definition) is 1. The van der Waals surface area contributed by atoms with Crippen LogP contribution in [0, 0.1) is 0 Å². The molecule has 0 bridgehead atoms. The van der Waals surface area contributed by atoms with E-state index in [9.17, 15) is 0 Å². The van der Waals surface area contributed by atoms with E-state index in [1.165, 1.54) is 0 Å². The first-order valence-corrected chi connectivity index (χ1v) is 5.58. The van der Waals surface area contributed by atoms with Crippen LogP contribution in [0.3, 0.4) is 0 Å². The Kier molecular flexibility index (Phi) is 8.04. The molecule has 0 fully saturated rings. The van der Waals surface area contributed by atoms with Gasteiger partial charge < -0.3 is 10.5 Å². The summed E-state index contributed by atoms with van der Waals surface area (Å²) in [6.45, 7) is 9.55. The van der Waals surface area contributed by atoms with E-state index in [-0.39, 0.29) is 0 Å². The second-order valence-corrected chi connectivity index (χ2v) is 4.17. The van der Waals surface area contributed by atoms with Gasteiger partial charge in [-0.05, 0) is 20.3 Å². The molecule has 0 aromatic heterocycles. The quantitative estimate of drug-likeness (QED) is 0.494. The monoisotopic (exact) mass is 218 g/mol. The molecule has 0 aliphatic carbocycles. The Balaban J connectivity index is 3.68. The van der Waals surface area contributed by atoms with Crippen LogP contribution in [0.5, 0.6) is 0 Å². The van der Waals surface area contributed by atoms with Gasteiger partial charge >= 0.3 is 0 Å². The van der Waals surface area contributed by atoms with Gasteiger partial charge in [-0.15, -0.1) is 0 Å². The van der Waals surface area contributed by atoms with Crippen molar-refractivity contribution in [2.24, 2.45) is 5.73 Å². The van der Waals surface area contributed by atoms with Gasteiger partial charge in [0.25, 0.3) is 0 Å². The third kappa shape index (κ3) is 7.24. The topological polar surface area (TPSA) is 38.5 Å². The van der Waals surface area contributed by atoms with E-state index in [1.807, 2.05) is 0 Å². The summed E-state index contributed by atoms with van der Waals surface area (Å²) < 4.78 is 5.42. The summed E-state index contributed by atoms with van der Waals surface area (Å²) in [6.07, 6.45) is 1.07. The molecule has 4 heteroatoms. The van der Waals surface area contributed by atoms with Crippen LogP contribution in [0.1, 0.15) is 27.2 Å². The van der Waals surface area contributed by atoms with Crippen molar-refractivity contribution >= 4 is 17.2 Å². The number of nitrogens with zero attached hydrogens (tertiary/aromatic N) is 1. The summed E-state index contributed by atoms with van der Waals surface area (Å²) in [5.41, 5.74) is 5.51. The molecule has 0 amide bonds. The lowest BCUT2D eigenvalue weighted by Gasteiger charge is -2.25. The average Bonchev–Trinajstić information content (AvgIpc) is 2.09. The first kappa shape index (κ1) is 13.8. The predicted octanol–water partition coefficient (Wildman–Crippen LogP) is 1.41. The molecule has 3 nitrogen and oxygen atoms in total. The van der Waals surface area contributed by atoms with Crippen molar-refractivity contribution in [3.63, 3.8) is 0 Å². The molecule has 0 spiro atoms. The zero-order valence-electron chi connectivity index (χ0n) is 9.45. The Bertz CT molecular complexity index is 162. The predicted molar refractivity (Wildman–Crippen MR) is 64.6 cm³/mol. The molecule has 0 aliphatic rings. The van der Waals surface area contributed by atoms with Crippen LogP contribution in [-0.4, -0.2) is 42.2 Å². The number of thiocarbonyl (C=S) groups is 1. The molecule has 0 saturated carbocycles. The summed E-state index contributed by atoms with van der Waals surface area (Å²) in [7, 11) is 0. The highest BCUT2D eigenvalue weighted by Gasteiger charge is 2.09. The fourth-order valence-corrected chi connectivity index (χ4v) is 1.31. The molecule has 0 aromatic carbocycles. The molecule has 0 saturated heterocycles. The van der Waals surface area contributed by atoms with Crippen LogP contribution in [0.15, 0.2) is 0 Å². The lowest BCUT2D eigenvalue weighted by Crippen LogP contribution is -2.39. The number of ether oxygens (including phenoxy) is 1. The second kappa shape index (κ2) is 8.15. The minimum absolute atomic E-state index is 0.460. The molecule has 0 heterocycles. The van der Waals surface area contributed by atoms with E-state index >= 15 is 0 Å². The smallest absolute Gasteiger partial charge is 0.0870 e. The Morgan fingerprint density at radius 2 is 2.07 bits per heavy atom. The van der Waals surface area contributed by atoms with Gasteiger partial charge in [-0.1, -0.05) is 19.1 Å². The maximum Gasteiger partial charge on any atom is 0.0870 e. The Labute approximate surface area is 92.6 Å². The summed E-state index contributed by atoms with van der Waals surface area (Å²) in [4.78, 5) is 2.77. The molecule has 0 aliphatic heterocycles. The van der Waals surface area contributed by atoms with Gasteiger partial charge in [-0.2, -0.15) is 0 Å². The van der Waals surface area contributed by atoms with E-state index in [1.54, 1.807) is 0 Å². The van der Waals surface area contributed by atoms with Crippen molar-refractivity contribution in [1.29, 1.82) is 0 Å². The molecule has 14 heavy (non-hydrogen) atoms. The van der Waals surface area contributed by atoms with Gasteiger partial charge in [-0.25, -0.2) is 0 Å². The Morgan fingerprint density at radius 3 is 2.50 bits per heavy atom. The van der Waals surface area contributed by atoms with Crippen LogP contribution < -0.4 is 5.73 Å². The fourth-order valence-electron chi connectivity index (χ4n) is 1.15. The summed E-state index contributed by atoms with van der Waals surface area (Å²) >= 11 is 4.89. The number of nitrogens with two attached hydrogens (primary N) is 1. The van der Waals surface area contributed by atoms with Crippen LogP contribution in [0.25, 0.3) is 0 Å². The Hall–Kier alpha value is -0.190. The first-order valence-electron chi connectivity index (χ1n) is 5.18. The van der Waals surface area contributed by atoms with Crippen molar-refractivity contribution < 1.29 is 4.74 Å². The normalized spacial score (nSPS) is 11.2. The maximum atomic E-state index is 5.51. The summed E-state index contributed by atoms with van der Waals surface area (Å²) in [5, 5.41) is 0. The van der Waals surface area contributed by atoms with Gasteiger partial charge in [0.05, 0.1) is 11.6 Å². The van der Waals surface area contributed by atoms with Gasteiger partial charge in [0.15, 0.2) is 0 Å².